The molecular weight excluding hydrogens is 452 g/mol. The SMILES string of the molecule is C=CCC1(C)c2ccc(-c3ccccc3CC)cc2N2c3nccnc3N(c3ccccc3)C2C1(C)C. The normalized spacial score (nSPS) is 21.2. The molecule has 0 amide bonds. The second kappa shape index (κ2) is 8.58. The summed E-state index contributed by atoms with van der Waals surface area (Å²) in [6.07, 6.45) is 7.57. The van der Waals surface area contributed by atoms with Crippen LogP contribution in [0.3, 0.4) is 0 Å². The Morgan fingerprint density at radius 1 is 0.865 bits per heavy atom. The Balaban J connectivity index is 1.65. The van der Waals surface area contributed by atoms with Gasteiger partial charge in [-0.3, -0.25) is 0 Å². The average Bonchev–Trinajstić information content (AvgIpc) is 3.29. The van der Waals surface area contributed by atoms with Crippen molar-refractivity contribution in [2.24, 2.45) is 5.41 Å². The van der Waals surface area contributed by atoms with Crippen molar-refractivity contribution in [2.75, 3.05) is 9.80 Å². The van der Waals surface area contributed by atoms with Crippen LogP contribution in [0.5, 0.6) is 0 Å². The van der Waals surface area contributed by atoms with Gasteiger partial charge in [-0.1, -0.05) is 88.4 Å². The quantitative estimate of drug-likeness (QED) is 0.266. The lowest BCUT2D eigenvalue weighted by Crippen LogP contribution is -2.61. The van der Waals surface area contributed by atoms with E-state index >= 15 is 0 Å². The van der Waals surface area contributed by atoms with Crippen LogP contribution in [0.4, 0.5) is 23.0 Å². The lowest BCUT2D eigenvalue weighted by molar-refractivity contribution is 0.131. The molecule has 0 bridgehead atoms. The summed E-state index contributed by atoms with van der Waals surface area (Å²) < 4.78 is 0. The number of fused-ring (bicyclic) bond motifs is 5. The van der Waals surface area contributed by atoms with Gasteiger partial charge in [-0.05, 0) is 53.3 Å². The molecule has 0 N–H and O–H groups in total. The molecule has 0 aliphatic carbocycles. The number of aromatic nitrogens is 2. The third-order valence-corrected chi connectivity index (χ3v) is 8.82. The van der Waals surface area contributed by atoms with Crippen LogP contribution in [0.15, 0.2) is 97.8 Å². The molecule has 0 spiro atoms. The zero-order valence-corrected chi connectivity index (χ0v) is 22.1. The first-order chi connectivity index (χ1) is 17.9. The van der Waals surface area contributed by atoms with Crippen molar-refractivity contribution < 1.29 is 0 Å². The summed E-state index contributed by atoms with van der Waals surface area (Å²) in [5, 5.41) is 0. The molecule has 186 valence electrons. The number of hydrogen-bond donors (Lipinski definition) is 0. The van der Waals surface area contributed by atoms with E-state index in [1.165, 1.54) is 27.9 Å². The first kappa shape index (κ1) is 23.5. The number of anilines is 4. The molecule has 2 aliphatic rings. The molecule has 2 atom stereocenters. The second-order valence-corrected chi connectivity index (χ2v) is 10.9. The summed E-state index contributed by atoms with van der Waals surface area (Å²) in [5.74, 6) is 1.81. The Hall–Kier alpha value is -3.92. The van der Waals surface area contributed by atoms with E-state index in [-0.39, 0.29) is 17.0 Å². The highest BCUT2D eigenvalue weighted by Crippen LogP contribution is 2.62. The van der Waals surface area contributed by atoms with Crippen LogP contribution in [-0.2, 0) is 11.8 Å². The van der Waals surface area contributed by atoms with E-state index in [1.54, 1.807) is 6.20 Å². The van der Waals surface area contributed by atoms with E-state index in [0.29, 0.717) is 0 Å². The van der Waals surface area contributed by atoms with E-state index in [9.17, 15) is 0 Å². The van der Waals surface area contributed by atoms with Crippen molar-refractivity contribution in [3.8, 4) is 11.1 Å². The van der Waals surface area contributed by atoms with Gasteiger partial charge in [-0.25, -0.2) is 9.97 Å². The summed E-state index contributed by atoms with van der Waals surface area (Å²) in [6.45, 7) is 13.6. The molecule has 3 aromatic carbocycles. The minimum absolute atomic E-state index is 0.00131. The molecule has 4 nitrogen and oxygen atoms in total. The van der Waals surface area contributed by atoms with Crippen LogP contribution < -0.4 is 9.80 Å². The van der Waals surface area contributed by atoms with Crippen LogP contribution in [0.1, 0.15) is 45.2 Å². The molecule has 2 unspecified atom stereocenters. The first-order valence-electron chi connectivity index (χ1n) is 13.2. The molecule has 4 aromatic rings. The topological polar surface area (TPSA) is 32.3 Å². The van der Waals surface area contributed by atoms with E-state index < -0.39 is 0 Å². The van der Waals surface area contributed by atoms with Crippen molar-refractivity contribution in [1.82, 2.24) is 9.97 Å². The Labute approximate surface area is 220 Å². The highest BCUT2D eigenvalue weighted by molar-refractivity contribution is 5.88. The molecule has 4 heteroatoms. The zero-order chi connectivity index (χ0) is 25.8. The van der Waals surface area contributed by atoms with Gasteiger partial charge in [-0.2, -0.15) is 0 Å². The van der Waals surface area contributed by atoms with E-state index in [0.717, 1.165) is 30.2 Å². The van der Waals surface area contributed by atoms with Gasteiger partial charge in [-0.15, -0.1) is 6.58 Å². The van der Waals surface area contributed by atoms with Gasteiger partial charge in [0.25, 0.3) is 0 Å². The predicted octanol–water partition coefficient (Wildman–Crippen LogP) is 8.20. The fraction of sp³-hybridized carbons (Fsp3) is 0.273. The number of nitrogens with zero attached hydrogens (tertiary/aromatic N) is 4. The summed E-state index contributed by atoms with van der Waals surface area (Å²) >= 11 is 0. The van der Waals surface area contributed by atoms with Crippen LogP contribution in [0.2, 0.25) is 0 Å². The van der Waals surface area contributed by atoms with Crippen LogP contribution in [-0.4, -0.2) is 16.1 Å². The van der Waals surface area contributed by atoms with Gasteiger partial charge in [0, 0.05) is 34.6 Å². The second-order valence-electron chi connectivity index (χ2n) is 10.9. The molecular formula is C33H34N4. The Morgan fingerprint density at radius 3 is 2.24 bits per heavy atom. The van der Waals surface area contributed by atoms with E-state index in [1.807, 2.05) is 6.20 Å². The van der Waals surface area contributed by atoms with Gasteiger partial charge in [0.05, 0.1) is 0 Å². The third kappa shape index (κ3) is 3.28. The first-order valence-corrected chi connectivity index (χ1v) is 13.2. The number of allylic oxidation sites excluding steroid dienone is 1. The standard InChI is InChI=1S/C33H34N4/c1-6-19-33(5)27-18-17-24(26-16-12-11-13-23(26)7-2)22-28(27)37-30-29(34-20-21-35-30)36(31(37)32(33,3)4)25-14-9-8-10-15-25/h6,8-18,20-22,31H,1,7,19H2,2-5H3. The van der Waals surface area contributed by atoms with Crippen LogP contribution in [0, 0.1) is 5.41 Å². The van der Waals surface area contributed by atoms with Crippen LogP contribution in [0.25, 0.3) is 11.1 Å². The Bertz CT molecular complexity index is 1470. The van der Waals surface area contributed by atoms with Crippen molar-refractivity contribution in [3.63, 3.8) is 0 Å². The maximum Gasteiger partial charge on any atom is 0.178 e. The smallest absolute Gasteiger partial charge is 0.178 e. The summed E-state index contributed by atoms with van der Waals surface area (Å²) in [7, 11) is 0. The number of aryl methyl sites for hydroxylation is 1. The van der Waals surface area contributed by atoms with E-state index in [2.05, 4.69) is 123 Å². The highest BCUT2D eigenvalue weighted by Gasteiger charge is 2.60. The highest BCUT2D eigenvalue weighted by atomic mass is 15.5. The molecule has 0 radical (unpaired) electrons. The van der Waals surface area contributed by atoms with Gasteiger partial charge >= 0.3 is 0 Å². The minimum atomic E-state index is -0.171. The van der Waals surface area contributed by atoms with Crippen molar-refractivity contribution >= 4 is 23.0 Å². The number of rotatable bonds is 5. The molecule has 37 heavy (non-hydrogen) atoms. The molecule has 6 rings (SSSR count). The van der Waals surface area contributed by atoms with Gasteiger partial charge in [0.2, 0.25) is 0 Å². The molecule has 0 saturated heterocycles. The van der Waals surface area contributed by atoms with Crippen molar-refractivity contribution in [2.45, 2.75) is 52.1 Å². The molecule has 0 fully saturated rings. The van der Waals surface area contributed by atoms with Crippen molar-refractivity contribution in [3.05, 3.63) is 109 Å². The molecule has 3 heterocycles. The third-order valence-electron chi connectivity index (χ3n) is 8.82. The number of benzene rings is 3. The number of para-hydroxylation sites is 1. The average molecular weight is 487 g/mol. The Kier molecular flexibility index (Phi) is 5.45. The van der Waals surface area contributed by atoms with Gasteiger partial charge in [0.1, 0.15) is 6.17 Å². The van der Waals surface area contributed by atoms with Crippen molar-refractivity contribution in [1.29, 1.82) is 0 Å². The maximum atomic E-state index is 4.92. The largest absolute Gasteiger partial charge is 0.301 e. The predicted molar refractivity (Wildman–Crippen MR) is 154 cm³/mol. The molecule has 0 saturated carbocycles. The maximum absolute atomic E-state index is 4.92. The monoisotopic (exact) mass is 486 g/mol. The summed E-state index contributed by atoms with van der Waals surface area (Å²) in [5.41, 5.74) is 7.23. The lowest BCUT2D eigenvalue weighted by Gasteiger charge is -2.57. The lowest BCUT2D eigenvalue weighted by atomic mass is 9.56. The Morgan fingerprint density at radius 2 is 1.54 bits per heavy atom. The van der Waals surface area contributed by atoms with E-state index in [4.69, 9.17) is 9.97 Å². The fourth-order valence-corrected chi connectivity index (χ4v) is 6.52. The summed E-state index contributed by atoms with van der Waals surface area (Å²) in [6, 6.07) is 26.4. The summed E-state index contributed by atoms with van der Waals surface area (Å²) in [4.78, 5) is 14.6. The zero-order valence-electron chi connectivity index (χ0n) is 22.1. The van der Waals surface area contributed by atoms with Gasteiger partial charge < -0.3 is 9.80 Å². The molecule has 1 aromatic heterocycles. The molecule has 2 aliphatic heterocycles. The minimum Gasteiger partial charge on any atom is -0.301 e. The van der Waals surface area contributed by atoms with Gasteiger partial charge in [0.15, 0.2) is 11.6 Å². The van der Waals surface area contributed by atoms with Crippen LogP contribution >= 0.6 is 0 Å². The fourth-order valence-electron chi connectivity index (χ4n) is 6.52. The number of hydrogen-bond acceptors (Lipinski definition) is 4.